The van der Waals surface area contributed by atoms with E-state index in [2.05, 4.69) is 5.32 Å². The fraction of sp³-hybridized carbons (Fsp3) is 0.455. The van der Waals surface area contributed by atoms with E-state index in [0.29, 0.717) is 19.3 Å². The predicted octanol–water partition coefficient (Wildman–Crippen LogP) is 2.71. The normalized spacial score (nSPS) is 23.4. The molecule has 1 fully saturated rings. The highest BCUT2D eigenvalue weighted by atomic mass is 19.2. The quantitative estimate of drug-likeness (QED) is 0.490. The highest BCUT2D eigenvalue weighted by Crippen LogP contribution is 2.30. The summed E-state index contributed by atoms with van der Waals surface area (Å²) in [6.45, 7) is 0. The van der Waals surface area contributed by atoms with Gasteiger partial charge in [-0.3, -0.25) is 0 Å². The van der Waals surface area contributed by atoms with Gasteiger partial charge in [-0.25, -0.2) is 22.0 Å². The third-order valence-corrected chi connectivity index (χ3v) is 3.02. The van der Waals surface area contributed by atoms with E-state index in [1.165, 1.54) is 0 Å². The average molecular weight is 267 g/mol. The van der Waals surface area contributed by atoms with Crippen molar-refractivity contribution in [2.75, 3.05) is 5.32 Å². The summed E-state index contributed by atoms with van der Waals surface area (Å²) in [4.78, 5) is 0. The van der Waals surface area contributed by atoms with Crippen LogP contribution in [-0.2, 0) is 0 Å². The molecule has 0 radical (unpaired) electrons. The SMILES string of the molecule is O[C@H]1CCC[C@@H]1Nc1c(F)c(F)c(F)c(F)c1F. The smallest absolute Gasteiger partial charge is 0.200 e. The number of hydrogen-bond acceptors (Lipinski definition) is 2. The molecule has 1 aliphatic carbocycles. The van der Waals surface area contributed by atoms with Crippen molar-refractivity contribution in [3.8, 4) is 0 Å². The summed E-state index contributed by atoms with van der Waals surface area (Å²) in [6.07, 6.45) is 0.585. The summed E-state index contributed by atoms with van der Waals surface area (Å²) in [6, 6.07) is -0.710. The summed E-state index contributed by atoms with van der Waals surface area (Å²) in [5.41, 5.74) is -1.09. The monoisotopic (exact) mass is 267 g/mol. The summed E-state index contributed by atoms with van der Waals surface area (Å²) in [5, 5.41) is 11.6. The Hall–Kier alpha value is -1.37. The Kier molecular flexibility index (Phi) is 3.43. The lowest BCUT2D eigenvalue weighted by Crippen LogP contribution is -2.29. The van der Waals surface area contributed by atoms with Crippen molar-refractivity contribution < 1.29 is 27.1 Å². The fourth-order valence-electron chi connectivity index (χ4n) is 2.03. The molecule has 0 spiro atoms. The van der Waals surface area contributed by atoms with Crippen molar-refractivity contribution in [2.24, 2.45) is 0 Å². The first kappa shape index (κ1) is 13.1. The molecule has 0 unspecified atom stereocenters. The molecule has 2 nitrogen and oxygen atoms in total. The van der Waals surface area contributed by atoms with Crippen LogP contribution in [0.4, 0.5) is 27.6 Å². The molecule has 1 aromatic carbocycles. The van der Waals surface area contributed by atoms with Gasteiger partial charge in [0.15, 0.2) is 23.3 Å². The Morgan fingerprint density at radius 3 is 1.78 bits per heavy atom. The number of rotatable bonds is 2. The van der Waals surface area contributed by atoms with E-state index < -0.39 is 46.9 Å². The number of aliphatic hydroxyl groups is 1. The second-order valence-electron chi connectivity index (χ2n) is 4.19. The summed E-state index contributed by atoms with van der Waals surface area (Å²) < 4.78 is 65.2. The van der Waals surface area contributed by atoms with Gasteiger partial charge < -0.3 is 10.4 Å². The van der Waals surface area contributed by atoms with Crippen molar-refractivity contribution >= 4 is 5.69 Å². The number of benzene rings is 1. The highest BCUT2D eigenvalue weighted by molar-refractivity contribution is 5.48. The van der Waals surface area contributed by atoms with Gasteiger partial charge in [0.2, 0.25) is 5.82 Å². The van der Waals surface area contributed by atoms with Crippen LogP contribution in [0.1, 0.15) is 19.3 Å². The second kappa shape index (κ2) is 4.72. The Morgan fingerprint density at radius 1 is 0.833 bits per heavy atom. The van der Waals surface area contributed by atoms with Gasteiger partial charge in [0.05, 0.1) is 12.1 Å². The molecule has 2 atom stereocenters. The van der Waals surface area contributed by atoms with E-state index in [4.69, 9.17) is 0 Å². The highest BCUT2D eigenvalue weighted by Gasteiger charge is 2.31. The number of halogens is 5. The molecule has 1 aliphatic rings. The molecule has 0 bridgehead atoms. The van der Waals surface area contributed by atoms with Crippen molar-refractivity contribution in [2.45, 2.75) is 31.4 Å². The largest absolute Gasteiger partial charge is 0.391 e. The van der Waals surface area contributed by atoms with Gasteiger partial charge in [-0.2, -0.15) is 0 Å². The molecule has 0 aliphatic heterocycles. The molecular formula is C11H10F5NO. The average Bonchev–Trinajstić information content (AvgIpc) is 2.75. The van der Waals surface area contributed by atoms with Gasteiger partial charge in [-0.1, -0.05) is 0 Å². The van der Waals surface area contributed by atoms with E-state index in [1.807, 2.05) is 0 Å². The zero-order chi connectivity index (χ0) is 13.4. The van der Waals surface area contributed by atoms with Crippen LogP contribution in [0, 0.1) is 29.1 Å². The van der Waals surface area contributed by atoms with Crippen LogP contribution in [0.2, 0.25) is 0 Å². The summed E-state index contributed by atoms with van der Waals surface area (Å²) >= 11 is 0. The molecule has 0 aromatic heterocycles. The zero-order valence-electron chi connectivity index (χ0n) is 9.11. The molecule has 0 saturated heterocycles. The zero-order valence-corrected chi connectivity index (χ0v) is 9.11. The summed E-state index contributed by atoms with van der Waals surface area (Å²) in [5.74, 6) is -10.0. The van der Waals surface area contributed by atoms with Crippen LogP contribution in [-0.4, -0.2) is 17.3 Å². The van der Waals surface area contributed by atoms with E-state index in [-0.39, 0.29) is 0 Å². The molecule has 18 heavy (non-hydrogen) atoms. The van der Waals surface area contributed by atoms with Gasteiger partial charge in [0.1, 0.15) is 5.69 Å². The minimum atomic E-state index is -2.19. The molecule has 0 heterocycles. The van der Waals surface area contributed by atoms with Gasteiger partial charge in [-0.15, -0.1) is 0 Å². The maximum Gasteiger partial charge on any atom is 0.200 e. The molecule has 0 amide bonds. The molecular weight excluding hydrogens is 257 g/mol. The van der Waals surface area contributed by atoms with Crippen LogP contribution >= 0.6 is 0 Å². The van der Waals surface area contributed by atoms with E-state index in [9.17, 15) is 27.1 Å². The molecule has 1 saturated carbocycles. The lowest BCUT2D eigenvalue weighted by molar-refractivity contribution is 0.171. The van der Waals surface area contributed by atoms with E-state index in [0.717, 1.165) is 0 Å². The fourth-order valence-corrected chi connectivity index (χ4v) is 2.03. The van der Waals surface area contributed by atoms with Gasteiger partial charge in [0, 0.05) is 0 Å². The minimum absolute atomic E-state index is 0.403. The molecule has 2 N–H and O–H groups in total. The topological polar surface area (TPSA) is 32.3 Å². The van der Waals surface area contributed by atoms with Crippen molar-refractivity contribution in [1.29, 1.82) is 0 Å². The van der Waals surface area contributed by atoms with E-state index in [1.54, 1.807) is 0 Å². The molecule has 2 rings (SSSR count). The summed E-state index contributed by atoms with van der Waals surface area (Å²) in [7, 11) is 0. The molecule has 7 heteroatoms. The lowest BCUT2D eigenvalue weighted by atomic mass is 10.2. The number of hydrogen-bond donors (Lipinski definition) is 2. The predicted molar refractivity (Wildman–Crippen MR) is 53.5 cm³/mol. The van der Waals surface area contributed by atoms with Crippen LogP contribution in [0.3, 0.4) is 0 Å². The Bertz CT molecular complexity index is 450. The van der Waals surface area contributed by atoms with Crippen molar-refractivity contribution in [3.05, 3.63) is 29.1 Å². The number of nitrogens with one attached hydrogen (secondary N) is 1. The first-order valence-electron chi connectivity index (χ1n) is 5.39. The maximum absolute atomic E-state index is 13.3. The first-order valence-corrected chi connectivity index (χ1v) is 5.39. The van der Waals surface area contributed by atoms with Crippen molar-refractivity contribution in [1.82, 2.24) is 0 Å². The Labute approximate surface area is 99.4 Å². The standard InChI is InChI=1S/C11H10F5NO/c12-6-7(13)9(15)11(10(16)8(6)14)17-4-2-1-3-5(4)18/h4-5,17-18H,1-3H2/t4-,5-/m0/s1. The van der Waals surface area contributed by atoms with Crippen LogP contribution < -0.4 is 5.32 Å². The minimum Gasteiger partial charge on any atom is -0.391 e. The third kappa shape index (κ3) is 2.03. The first-order chi connectivity index (χ1) is 8.43. The van der Waals surface area contributed by atoms with Crippen LogP contribution in [0.25, 0.3) is 0 Å². The second-order valence-corrected chi connectivity index (χ2v) is 4.19. The van der Waals surface area contributed by atoms with Gasteiger partial charge >= 0.3 is 0 Å². The lowest BCUT2D eigenvalue weighted by Gasteiger charge is -2.19. The Morgan fingerprint density at radius 2 is 1.33 bits per heavy atom. The number of aliphatic hydroxyl groups excluding tert-OH is 1. The number of anilines is 1. The van der Waals surface area contributed by atoms with Crippen LogP contribution in [0.5, 0.6) is 0 Å². The maximum atomic E-state index is 13.3. The Balaban J connectivity index is 2.38. The van der Waals surface area contributed by atoms with Gasteiger partial charge in [-0.05, 0) is 19.3 Å². The van der Waals surface area contributed by atoms with Gasteiger partial charge in [0.25, 0.3) is 0 Å². The molecule has 100 valence electrons. The van der Waals surface area contributed by atoms with Crippen LogP contribution in [0.15, 0.2) is 0 Å². The molecule has 1 aromatic rings. The third-order valence-electron chi connectivity index (χ3n) is 3.02. The van der Waals surface area contributed by atoms with Crippen molar-refractivity contribution in [3.63, 3.8) is 0 Å². The van der Waals surface area contributed by atoms with E-state index >= 15 is 0 Å².